The molecule has 22 heavy (non-hydrogen) atoms. The molecule has 0 saturated carbocycles. The predicted octanol–water partition coefficient (Wildman–Crippen LogP) is 1.76. The summed E-state index contributed by atoms with van der Waals surface area (Å²) in [5.41, 5.74) is 2.08. The Bertz CT molecular complexity index is 600. The van der Waals surface area contributed by atoms with Gasteiger partial charge in [0.2, 0.25) is 11.8 Å². The third kappa shape index (κ3) is 3.34. The van der Waals surface area contributed by atoms with Gasteiger partial charge in [-0.05, 0) is 11.1 Å². The van der Waals surface area contributed by atoms with Crippen molar-refractivity contribution in [2.75, 3.05) is 6.54 Å². The molecular formula is C18H18N2O2. The SMILES string of the molecule is O=C1CN(Cc2ccccc2)C(=O)C(Cc2ccccc2)N1. The molecule has 1 N–H and O–H groups in total. The zero-order valence-electron chi connectivity index (χ0n) is 12.2. The van der Waals surface area contributed by atoms with Crippen molar-refractivity contribution < 1.29 is 9.59 Å². The monoisotopic (exact) mass is 294 g/mol. The zero-order chi connectivity index (χ0) is 15.4. The maximum absolute atomic E-state index is 12.6. The third-order valence-electron chi connectivity index (χ3n) is 3.78. The Balaban J connectivity index is 1.72. The number of nitrogens with one attached hydrogen (secondary N) is 1. The van der Waals surface area contributed by atoms with E-state index in [1.54, 1.807) is 4.90 Å². The molecule has 4 nitrogen and oxygen atoms in total. The fourth-order valence-electron chi connectivity index (χ4n) is 2.70. The van der Waals surface area contributed by atoms with E-state index in [0.717, 1.165) is 11.1 Å². The van der Waals surface area contributed by atoms with E-state index in [1.165, 1.54) is 0 Å². The van der Waals surface area contributed by atoms with Gasteiger partial charge in [-0.1, -0.05) is 60.7 Å². The minimum atomic E-state index is -0.479. The van der Waals surface area contributed by atoms with Crippen LogP contribution in [0.1, 0.15) is 11.1 Å². The van der Waals surface area contributed by atoms with Crippen molar-refractivity contribution in [2.24, 2.45) is 0 Å². The molecule has 4 heteroatoms. The first-order valence-corrected chi connectivity index (χ1v) is 7.38. The average molecular weight is 294 g/mol. The van der Waals surface area contributed by atoms with E-state index >= 15 is 0 Å². The summed E-state index contributed by atoms with van der Waals surface area (Å²) in [6.07, 6.45) is 0.525. The first kappa shape index (κ1) is 14.3. The second-order valence-corrected chi connectivity index (χ2v) is 5.49. The molecule has 0 bridgehead atoms. The first-order valence-electron chi connectivity index (χ1n) is 7.38. The van der Waals surface area contributed by atoms with E-state index in [1.807, 2.05) is 60.7 Å². The maximum atomic E-state index is 12.6. The molecule has 0 spiro atoms. The molecule has 112 valence electrons. The van der Waals surface area contributed by atoms with Crippen molar-refractivity contribution in [3.8, 4) is 0 Å². The fraction of sp³-hybridized carbons (Fsp3) is 0.222. The van der Waals surface area contributed by atoms with E-state index in [4.69, 9.17) is 0 Å². The lowest BCUT2D eigenvalue weighted by molar-refractivity contribution is -0.144. The molecule has 3 rings (SSSR count). The van der Waals surface area contributed by atoms with Crippen LogP contribution in [0.3, 0.4) is 0 Å². The van der Waals surface area contributed by atoms with Gasteiger partial charge < -0.3 is 10.2 Å². The number of nitrogens with zero attached hydrogens (tertiary/aromatic N) is 1. The summed E-state index contributed by atoms with van der Waals surface area (Å²) in [7, 11) is 0. The molecule has 1 aliphatic heterocycles. The molecule has 2 aromatic rings. The van der Waals surface area contributed by atoms with Crippen LogP contribution in [-0.2, 0) is 22.6 Å². The Morgan fingerprint density at radius 1 is 0.909 bits per heavy atom. The van der Waals surface area contributed by atoms with Crippen LogP contribution in [0.25, 0.3) is 0 Å². The molecule has 1 saturated heterocycles. The average Bonchev–Trinajstić information content (AvgIpc) is 2.54. The van der Waals surface area contributed by atoms with Crippen LogP contribution in [-0.4, -0.2) is 29.3 Å². The van der Waals surface area contributed by atoms with Gasteiger partial charge in [-0.25, -0.2) is 0 Å². The molecular weight excluding hydrogens is 276 g/mol. The second-order valence-electron chi connectivity index (χ2n) is 5.49. The molecule has 0 aliphatic carbocycles. The number of rotatable bonds is 4. The summed E-state index contributed by atoms with van der Waals surface area (Å²) in [6, 6.07) is 19.0. The normalized spacial score (nSPS) is 18.2. The Labute approximate surface area is 129 Å². The van der Waals surface area contributed by atoms with E-state index < -0.39 is 6.04 Å². The molecule has 1 fully saturated rings. The lowest BCUT2D eigenvalue weighted by Gasteiger charge is -2.32. The Morgan fingerprint density at radius 2 is 1.50 bits per heavy atom. The number of hydrogen-bond acceptors (Lipinski definition) is 2. The molecule has 1 unspecified atom stereocenters. The molecule has 0 radical (unpaired) electrons. The van der Waals surface area contributed by atoms with Crippen molar-refractivity contribution in [3.63, 3.8) is 0 Å². The summed E-state index contributed by atoms with van der Waals surface area (Å²) < 4.78 is 0. The maximum Gasteiger partial charge on any atom is 0.246 e. The number of hydrogen-bond donors (Lipinski definition) is 1. The van der Waals surface area contributed by atoms with Crippen LogP contribution in [0, 0.1) is 0 Å². The standard InChI is InChI=1S/C18H18N2O2/c21-17-13-20(12-15-9-5-2-6-10-15)18(22)16(19-17)11-14-7-3-1-4-8-14/h1-10,16H,11-13H2,(H,19,21). The van der Waals surface area contributed by atoms with E-state index in [-0.39, 0.29) is 18.4 Å². The lowest BCUT2D eigenvalue weighted by Crippen LogP contribution is -2.58. The van der Waals surface area contributed by atoms with Gasteiger partial charge in [0.15, 0.2) is 0 Å². The van der Waals surface area contributed by atoms with Crippen LogP contribution in [0.4, 0.5) is 0 Å². The molecule has 2 amide bonds. The van der Waals surface area contributed by atoms with Gasteiger partial charge in [0, 0.05) is 13.0 Å². The molecule has 1 atom stereocenters. The van der Waals surface area contributed by atoms with Crippen molar-refractivity contribution in [1.29, 1.82) is 0 Å². The van der Waals surface area contributed by atoms with Crippen molar-refractivity contribution >= 4 is 11.8 Å². The van der Waals surface area contributed by atoms with Gasteiger partial charge >= 0.3 is 0 Å². The number of carbonyl (C=O) groups is 2. The van der Waals surface area contributed by atoms with Crippen molar-refractivity contribution in [2.45, 2.75) is 19.0 Å². The van der Waals surface area contributed by atoms with Gasteiger partial charge in [-0.15, -0.1) is 0 Å². The first-order chi connectivity index (χ1) is 10.7. The highest BCUT2D eigenvalue weighted by Gasteiger charge is 2.32. The second kappa shape index (κ2) is 6.43. The van der Waals surface area contributed by atoms with Crippen molar-refractivity contribution in [3.05, 3.63) is 71.8 Å². The summed E-state index contributed by atoms with van der Waals surface area (Å²) in [5.74, 6) is -0.122. The van der Waals surface area contributed by atoms with Gasteiger partial charge in [0.1, 0.15) is 6.04 Å². The number of amides is 2. The minimum Gasteiger partial charge on any atom is -0.342 e. The number of carbonyl (C=O) groups excluding carboxylic acids is 2. The Morgan fingerprint density at radius 3 is 2.14 bits per heavy atom. The van der Waals surface area contributed by atoms with Crippen LogP contribution >= 0.6 is 0 Å². The molecule has 1 aliphatic rings. The minimum absolute atomic E-state index is 0.0210. The molecule has 1 heterocycles. The van der Waals surface area contributed by atoms with E-state index in [9.17, 15) is 9.59 Å². The number of piperazine rings is 1. The molecule has 0 aromatic heterocycles. The summed E-state index contributed by atoms with van der Waals surface area (Å²) in [5, 5.41) is 2.80. The van der Waals surface area contributed by atoms with Crippen LogP contribution in [0.2, 0.25) is 0 Å². The topological polar surface area (TPSA) is 49.4 Å². The van der Waals surface area contributed by atoms with Crippen molar-refractivity contribution in [1.82, 2.24) is 10.2 Å². The summed E-state index contributed by atoms with van der Waals surface area (Å²) in [4.78, 5) is 26.1. The smallest absolute Gasteiger partial charge is 0.246 e. The van der Waals surface area contributed by atoms with Gasteiger partial charge in [0.05, 0.1) is 6.54 Å². The lowest BCUT2D eigenvalue weighted by atomic mass is 10.0. The third-order valence-corrected chi connectivity index (χ3v) is 3.78. The highest BCUT2D eigenvalue weighted by atomic mass is 16.2. The Hall–Kier alpha value is -2.62. The largest absolute Gasteiger partial charge is 0.342 e. The quantitative estimate of drug-likeness (QED) is 0.934. The fourth-order valence-corrected chi connectivity index (χ4v) is 2.70. The van der Waals surface area contributed by atoms with Gasteiger partial charge in [-0.2, -0.15) is 0 Å². The molecule has 2 aromatic carbocycles. The van der Waals surface area contributed by atoms with Crippen LogP contribution < -0.4 is 5.32 Å². The highest BCUT2D eigenvalue weighted by Crippen LogP contribution is 2.13. The van der Waals surface area contributed by atoms with E-state index in [2.05, 4.69) is 5.32 Å². The van der Waals surface area contributed by atoms with Gasteiger partial charge in [-0.3, -0.25) is 9.59 Å². The summed E-state index contributed by atoms with van der Waals surface area (Å²) >= 11 is 0. The highest BCUT2D eigenvalue weighted by molar-refractivity contribution is 5.95. The van der Waals surface area contributed by atoms with E-state index in [0.29, 0.717) is 13.0 Å². The summed E-state index contributed by atoms with van der Waals surface area (Å²) in [6.45, 7) is 0.595. The van der Waals surface area contributed by atoms with Crippen LogP contribution in [0.15, 0.2) is 60.7 Å². The zero-order valence-corrected chi connectivity index (χ0v) is 12.2. The Kier molecular flexibility index (Phi) is 4.19. The number of benzene rings is 2. The van der Waals surface area contributed by atoms with Gasteiger partial charge in [0.25, 0.3) is 0 Å². The predicted molar refractivity (Wildman–Crippen MR) is 83.9 cm³/mol. The van der Waals surface area contributed by atoms with Crippen LogP contribution in [0.5, 0.6) is 0 Å².